The lowest BCUT2D eigenvalue weighted by Gasteiger charge is -2.35. The van der Waals surface area contributed by atoms with Gasteiger partial charge in [-0.15, -0.1) is 0 Å². The van der Waals surface area contributed by atoms with Crippen molar-refractivity contribution in [3.05, 3.63) is 48.7 Å². The summed E-state index contributed by atoms with van der Waals surface area (Å²) in [5.74, 6) is 0. The molecule has 1 unspecified atom stereocenters. The highest BCUT2D eigenvalue weighted by Crippen LogP contribution is 2.21. The van der Waals surface area contributed by atoms with Crippen molar-refractivity contribution in [1.29, 1.82) is 0 Å². The predicted octanol–water partition coefficient (Wildman–Crippen LogP) is 1.70. The van der Waals surface area contributed by atoms with Crippen LogP contribution in [-0.4, -0.2) is 57.0 Å². The van der Waals surface area contributed by atoms with Crippen LogP contribution in [0.4, 0.5) is 0 Å². The molecule has 1 aliphatic rings. The van der Waals surface area contributed by atoms with Crippen molar-refractivity contribution in [1.82, 2.24) is 24.6 Å². The van der Waals surface area contributed by atoms with Gasteiger partial charge in [-0.25, -0.2) is 4.98 Å². The monoisotopic (exact) mass is 311 g/mol. The number of nitrogens with zero attached hydrogens (tertiary/aromatic N) is 4. The topological polar surface area (TPSA) is 59.0 Å². The standard InChI is InChI=1S/C17H21N5O/c1-2-4-17-16(3-1)14(10-19-17)9-15-11-23-8-7-21(15)5-6-22-13-18-12-20-22/h1-4,10,12-13,15,19H,5-9,11H2. The minimum Gasteiger partial charge on any atom is -0.378 e. The molecule has 4 rings (SSSR count). The second-order valence-corrected chi connectivity index (χ2v) is 5.99. The van der Waals surface area contributed by atoms with Crippen molar-refractivity contribution in [2.45, 2.75) is 19.0 Å². The van der Waals surface area contributed by atoms with E-state index in [0.717, 1.165) is 39.3 Å². The average Bonchev–Trinajstić information content (AvgIpc) is 3.24. The van der Waals surface area contributed by atoms with Gasteiger partial charge >= 0.3 is 0 Å². The molecule has 2 aromatic heterocycles. The van der Waals surface area contributed by atoms with E-state index in [1.807, 2.05) is 4.68 Å². The van der Waals surface area contributed by atoms with Gasteiger partial charge in [0.05, 0.1) is 19.8 Å². The van der Waals surface area contributed by atoms with Crippen LogP contribution in [0.3, 0.4) is 0 Å². The average molecular weight is 311 g/mol. The zero-order chi connectivity index (χ0) is 15.5. The number of ether oxygens (including phenoxy) is 1. The largest absolute Gasteiger partial charge is 0.378 e. The van der Waals surface area contributed by atoms with Crippen LogP contribution in [0, 0.1) is 0 Å². The summed E-state index contributed by atoms with van der Waals surface area (Å²) in [5.41, 5.74) is 2.57. The van der Waals surface area contributed by atoms with Crippen molar-refractivity contribution in [2.24, 2.45) is 0 Å². The third kappa shape index (κ3) is 3.13. The predicted molar refractivity (Wildman–Crippen MR) is 88.2 cm³/mol. The van der Waals surface area contributed by atoms with E-state index < -0.39 is 0 Å². The van der Waals surface area contributed by atoms with Crippen LogP contribution in [0.5, 0.6) is 0 Å². The lowest BCUT2D eigenvalue weighted by molar-refractivity contribution is -0.00871. The van der Waals surface area contributed by atoms with Crippen molar-refractivity contribution in [3.63, 3.8) is 0 Å². The summed E-state index contributed by atoms with van der Waals surface area (Å²) in [7, 11) is 0. The fourth-order valence-electron chi connectivity index (χ4n) is 3.31. The Balaban J connectivity index is 1.46. The maximum absolute atomic E-state index is 5.72. The molecule has 1 N–H and O–H groups in total. The molecule has 0 spiro atoms. The van der Waals surface area contributed by atoms with Crippen LogP contribution in [0.25, 0.3) is 10.9 Å². The molecule has 0 aliphatic carbocycles. The Morgan fingerprint density at radius 2 is 2.22 bits per heavy atom. The third-order valence-corrected chi connectivity index (χ3v) is 4.56. The normalized spacial score (nSPS) is 19.4. The summed E-state index contributed by atoms with van der Waals surface area (Å²) < 4.78 is 7.61. The van der Waals surface area contributed by atoms with E-state index in [2.05, 4.69) is 50.4 Å². The Labute approximate surface area is 135 Å². The number of morpholine rings is 1. The first-order chi connectivity index (χ1) is 11.4. The van der Waals surface area contributed by atoms with Crippen molar-refractivity contribution < 1.29 is 4.74 Å². The molecular formula is C17H21N5O. The molecule has 0 bridgehead atoms. The summed E-state index contributed by atoms with van der Waals surface area (Å²) in [6.07, 6.45) is 6.49. The highest BCUT2D eigenvalue weighted by Gasteiger charge is 2.24. The molecule has 6 nitrogen and oxygen atoms in total. The summed E-state index contributed by atoms with van der Waals surface area (Å²) in [4.78, 5) is 9.88. The first-order valence-electron chi connectivity index (χ1n) is 8.09. The van der Waals surface area contributed by atoms with Crippen LogP contribution in [0.1, 0.15) is 5.56 Å². The summed E-state index contributed by atoms with van der Waals surface area (Å²) in [6.45, 7) is 4.41. The summed E-state index contributed by atoms with van der Waals surface area (Å²) >= 11 is 0. The number of hydrogen-bond acceptors (Lipinski definition) is 4. The van der Waals surface area contributed by atoms with Gasteiger partial charge in [-0.3, -0.25) is 9.58 Å². The van der Waals surface area contributed by atoms with Gasteiger partial charge in [-0.05, 0) is 18.1 Å². The first-order valence-corrected chi connectivity index (χ1v) is 8.09. The second-order valence-electron chi connectivity index (χ2n) is 5.99. The van der Waals surface area contributed by atoms with E-state index in [4.69, 9.17) is 4.74 Å². The number of rotatable bonds is 5. The second kappa shape index (κ2) is 6.52. The molecule has 1 atom stereocenters. The number of benzene rings is 1. The Morgan fingerprint density at radius 3 is 3.13 bits per heavy atom. The molecular weight excluding hydrogens is 290 g/mol. The van der Waals surface area contributed by atoms with E-state index in [-0.39, 0.29) is 0 Å². The Hall–Kier alpha value is -2.18. The highest BCUT2D eigenvalue weighted by molar-refractivity contribution is 5.83. The number of fused-ring (bicyclic) bond motifs is 1. The molecule has 120 valence electrons. The first kappa shape index (κ1) is 14.4. The molecule has 6 heteroatoms. The molecule has 3 aromatic rings. The highest BCUT2D eigenvalue weighted by atomic mass is 16.5. The number of para-hydroxylation sites is 1. The maximum atomic E-state index is 5.72. The third-order valence-electron chi connectivity index (χ3n) is 4.56. The van der Waals surface area contributed by atoms with Gasteiger partial charge in [0.1, 0.15) is 12.7 Å². The summed E-state index contributed by atoms with van der Waals surface area (Å²) in [5, 5.41) is 5.50. The lowest BCUT2D eigenvalue weighted by Crippen LogP contribution is -2.47. The smallest absolute Gasteiger partial charge is 0.137 e. The summed E-state index contributed by atoms with van der Waals surface area (Å²) in [6, 6.07) is 8.88. The van der Waals surface area contributed by atoms with E-state index in [1.165, 1.54) is 16.5 Å². The molecule has 0 amide bonds. The lowest BCUT2D eigenvalue weighted by atomic mass is 10.0. The molecule has 3 heterocycles. The fourth-order valence-corrected chi connectivity index (χ4v) is 3.31. The van der Waals surface area contributed by atoms with Gasteiger partial charge in [-0.2, -0.15) is 5.10 Å². The zero-order valence-electron chi connectivity index (χ0n) is 13.1. The molecule has 1 saturated heterocycles. The van der Waals surface area contributed by atoms with Crippen molar-refractivity contribution >= 4 is 10.9 Å². The molecule has 1 aliphatic heterocycles. The Bertz CT molecular complexity index is 751. The van der Waals surface area contributed by atoms with Gasteiger partial charge in [0.2, 0.25) is 0 Å². The fraction of sp³-hybridized carbons (Fsp3) is 0.412. The van der Waals surface area contributed by atoms with Gasteiger partial charge in [0, 0.05) is 36.2 Å². The Morgan fingerprint density at radius 1 is 1.26 bits per heavy atom. The van der Waals surface area contributed by atoms with Crippen LogP contribution in [0.15, 0.2) is 43.1 Å². The minimum absolute atomic E-state index is 0.409. The van der Waals surface area contributed by atoms with Gasteiger partial charge in [0.15, 0.2) is 0 Å². The molecule has 23 heavy (non-hydrogen) atoms. The van der Waals surface area contributed by atoms with Gasteiger partial charge in [0.25, 0.3) is 0 Å². The number of hydrogen-bond donors (Lipinski definition) is 1. The van der Waals surface area contributed by atoms with Crippen molar-refractivity contribution in [2.75, 3.05) is 26.3 Å². The van der Waals surface area contributed by atoms with Gasteiger partial charge in [-0.1, -0.05) is 18.2 Å². The number of H-pyrrole nitrogens is 1. The quantitative estimate of drug-likeness (QED) is 0.779. The minimum atomic E-state index is 0.409. The van der Waals surface area contributed by atoms with E-state index >= 15 is 0 Å². The van der Waals surface area contributed by atoms with Crippen LogP contribution in [-0.2, 0) is 17.7 Å². The number of nitrogens with one attached hydrogen (secondary N) is 1. The molecule has 0 saturated carbocycles. The Kier molecular flexibility index (Phi) is 4.08. The van der Waals surface area contributed by atoms with E-state index in [0.29, 0.717) is 6.04 Å². The number of aromatic nitrogens is 4. The molecule has 1 fully saturated rings. The SMILES string of the molecule is c1ccc2c(CC3COCCN3CCn3cncn3)c[nH]c2c1. The van der Waals surface area contributed by atoms with Crippen LogP contribution < -0.4 is 0 Å². The zero-order valence-corrected chi connectivity index (χ0v) is 13.1. The molecule has 1 aromatic carbocycles. The van der Waals surface area contributed by atoms with E-state index in [1.54, 1.807) is 12.7 Å². The van der Waals surface area contributed by atoms with Gasteiger partial charge < -0.3 is 9.72 Å². The van der Waals surface area contributed by atoms with E-state index in [9.17, 15) is 0 Å². The van der Waals surface area contributed by atoms with Crippen LogP contribution >= 0.6 is 0 Å². The van der Waals surface area contributed by atoms with Crippen molar-refractivity contribution in [3.8, 4) is 0 Å². The molecule has 0 radical (unpaired) electrons. The number of aromatic amines is 1. The maximum Gasteiger partial charge on any atom is 0.137 e. The van der Waals surface area contributed by atoms with Crippen LogP contribution in [0.2, 0.25) is 0 Å².